The van der Waals surface area contributed by atoms with Gasteiger partial charge < -0.3 is 15.0 Å². The third-order valence-corrected chi connectivity index (χ3v) is 4.74. The van der Waals surface area contributed by atoms with Crippen molar-refractivity contribution in [1.29, 1.82) is 0 Å². The normalized spacial score (nSPS) is 18.0. The third-order valence-electron chi connectivity index (χ3n) is 4.74. The van der Waals surface area contributed by atoms with Crippen molar-refractivity contribution in [3.63, 3.8) is 0 Å². The number of rotatable bonds is 7. The van der Waals surface area contributed by atoms with Gasteiger partial charge in [-0.3, -0.25) is 10.1 Å². The van der Waals surface area contributed by atoms with Gasteiger partial charge in [0, 0.05) is 19.1 Å². The number of carbonyl (C=O) groups is 1. The van der Waals surface area contributed by atoms with E-state index in [4.69, 9.17) is 15.0 Å². The van der Waals surface area contributed by atoms with Crippen molar-refractivity contribution in [1.82, 2.24) is 15.5 Å². The molecule has 1 aromatic carbocycles. The summed E-state index contributed by atoms with van der Waals surface area (Å²) in [6, 6.07) is 8.58. The molecule has 1 amide bonds. The summed E-state index contributed by atoms with van der Waals surface area (Å²) in [6.45, 7) is 5.39. The Balaban J connectivity index is 1.89. The zero-order chi connectivity index (χ0) is 18.5. The Morgan fingerprint density at radius 2 is 1.92 bits per heavy atom. The lowest BCUT2D eigenvalue weighted by molar-refractivity contribution is -0.120. The molecule has 1 fully saturated rings. The van der Waals surface area contributed by atoms with Gasteiger partial charge in [0.2, 0.25) is 11.8 Å². The van der Waals surface area contributed by atoms with Crippen molar-refractivity contribution in [2.24, 2.45) is 11.7 Å². The molecular weight excluding hydrogens is 332 g/mol. The molecule has 140 valence electrons. The Bertz CT molecular complexity index is 711. The lowest BCUT2D eigenvalue weighted by atomic mass is 9.90. The molecular formula is C19H26N4O3. The van der Waals surface area contributed by atoms with E-state index in [0.717, 1.165) is 18.4 Å². The van der Waals surface area contributed by atoms with Crippen LogP contribution in [0.4, 0.5) is 0 Å². The highest BCUT2D eigenvalue weighted by Gasteiger charge is 2.33. The van der Waals surface area contributed by atoms with Gasteiger partial charge in [-0.1, -0.05) is 49.3 Å². The largest absolute Gasteiger partial charge is 0.381 e. The van der Waals surface area contributed by atoms with Crippen LogP contribution < -0.4 is 11.1 Å². The third kappa shape index (κ3) is 4.28. The molecule has 0 radical (unpaired) electrons. The standard InChI is InChI=1S/C19H26N4O3/c1-12(2)18-22-19(26-23-18)16(14-8-10-25-11-9-14)21-15(17(20)24)13-6-4-3-5-7-13/h3-7,12,14-16,21H,8-11H2,1-2H3,(H2,20,24). The first kappa shape index (κ1) is 18.5. The maximum absolute atomic E-state index is 12.1. The molecule has 0 saturated carbocycles. The quantitative estimate of drug-likeness (QED) is 0.788. The fourth-order valence-electron chi connectivity index (χ4n) is 3.23. The number of nitrogens with zero attached hydrogens (tertiary/aromatic N) is 2. The van der Waals surface area contributed by atoms with E-state index in [0.29, 0.717) is 24.9 Å². The van der Waals surface area contributed by atoms with Crippen LogP contribution in [0.2, 0.25) is 0 Å². The van der Waals surface area contributed by atoms with Gasteiger partial charge in [0.1, 0.15) is 6.04 Å². The van der Waals surface area contributed by atoms with Crippen LogP contribution in [0.5, 0.6) is 0 Å². The van der Waals surface area contributed by atoms with Crippen LogP contribution in [0.15, 0.2) is 34.9 Å². The molecule has 3 rings (SSSR count). The van der Waals surface area contributed by atoms with Gasteiger partial charge >= 0.3 is 0 Å². The number of ether oxygens (including phenoxy) is 1. The van der Waals surface area contributed by atoms with Crippen molar-refractivity contribution >= 4 is 5.91 Å². The lowest BCUT2D eigenvalue weighted by Crippen LogP contribution is -2.40. The minimum absolute atomic E-state index is 0.170. The zero-order valence-corrected chi connectivity index (χ0v) is 15.2. The van der Waals surface area contributed by atoms with Crippen LogP contribution in [0.25, 0.3) is 0 Å². The molecule has 1 aliphatic rings. The van der Waals surface area contributed by atoms with Crippen LogP contribution in [0, 0.1) is 5.92 Å². The number of benzene rings is 1. The summed E-state index contributed by atoms with van der Waals surface area (Å²) in [5.41, 5.74) is 6.51. The molecule has 7 nitrogen and oxygen atoms in total. The van der Waals surface area contributed by atoms with E-state index in [1.54, 1.807) is 0 Å². The molecule has 2 heterocycles. The molecule has 2 aromatic rings. The maximum Gasteiger partial charge on any atom is 0.244 e. The summed E-state index contributed by atoms with van der Waals surface area (Å²) in [5.74, 6) is 1.13. The van der Waals surface area contributed by atoms with Crippen LogP contribution >= 0.6 is 0 Å². The van der Waals surface area contributed by atoms with Gasteiger partial charge in [0.05, 0.1) is 6.04 Å². The van der Waals surface area contributed by atoms with Gasteiger partial charge in [-0.25, -0.2) is 0 Å². The first-order valence-electron chi connectivity index (χ1n) is 9.07. The van der Waals surface area contributed by atoms with Gasteiger partial charge in [-0.2, -0.15) is 4.98 Å². The highest BCUT2D eigenvalue weighted by molar-refractivity contribution is 5.81. The summed E-state index contributed by atoms with van der Waals surface area (Å²) in [4.78, 5) is 16.7. The molecule has 3 N–H and O–H groups in total. The van der Waals surface area contributed by atoms with Gasteiger partial charge in [-0.15, -0.1) is 0 Å². The summed E-state index contributed by atoms with van der Waals surface area (Å²) in [5, 5.41) is 7.46. The Hall–Kier alpha value is -2.25. The summed E-state index contributed by atoms with van der Waals surface area (Å²) < 4.78 is 11.0. The number of aromatic nitrogens is 2. The molecule has 26 heavy (non-hydrogen) atoms. The van der Waals surface area contributed by atoms with E-state index in [2.05, 4.69) is 15.5 Å². The Kier molecular flexibility index (Phi) is 6.00. The van der Waals surface area contributed by atoms with E-state index >= 15 is 0 Å². The number of hydrogen-bond acceptors (Lipinski definition) is 6. The Labute approximate surface area is 153 Å². The van der Waals surface area contributed by atoms with E-state index in [-0.39, 0.29) is 17.9 Å². The Morgan fingerprint density at radius 1 is 1.23 bits per heavy atom. The number of amides is 1. The molecule has 0 bridgehead atoms. The second-order valence-electron chi connectivity index (χ2n) is 6.99. The zero-order valence-electron chi connectivity index (χ0n) is 15.2. The molecule has 1 aliphatic heterocycles. The number of nitrogens with one attached hydrogen (secondary N) is 1. The van der Waals surface area contributed by atoms with Crippen LogP contribution in [0.3, 0.4) is 0 Å². The van der Waals surface area contributed by atoms with E-state index in [1.165, 1.54) is 0 Å². The van der Waals surface area contributed by atoms with E-state index in [1.807, 2.05) is 44.2 Å². The summed E-state index contributed by atoms with van der Waals surface area (Å²) in [6.07, 6.45) is 1.72. The monoisotopic (exact) mass is 358 g/mol. The highest BCUT2D eigenvalue weighted by Crippen LogP contribution is 2.32. The number of hydrogen-bond donors (Lipinski definition) is 2. The second-order valence-corrected chi connectivity index (χ2v) is 6.99. The van der Waals surface area contributed by atoms with Crippen molar-refractivity contribution in [3.8, 4) is 0 Å². The molecule has 0 spiro atoms. The smallest absolute Gasteiger partial charge is 0.244 e. The minimum Gasteiger partial charge on any atom is -0.381 e. The molecule has 0 aliphatic carbocycles. The van der Waals surface area contributed by atoms with Crippen molar-refractivity contribution < 1.29 is 14.1 Å². The first-order chi connectivity index (χ1) is 12.6. The van der Waals surface area contributed by atoms with E-state index < -0.39 is 11.9 Å². The minimum atomic E-state index is -0.626. The fraction of sp³-hybridized carbons (Fsp3) is 0.526. The lowest BCUT2D eigenvalue weighted by Gasteiger charge is -2.31. The topological polar surface area (TPSA) is 103 Å². The SMILES string of the molecule is CC(C)c1noc(C(NC(C(N)=O)c2ccccc2)C2CCOCC2)n1. The number of carbonyl (C=O) groups excluding carboxylic acids is 1. The molecule has 7 heteroatoms. The molecule has 2 unspecified atom stereocenters. The van der Waals surface area contributed by atoms with Crippen LogP contribution in [0.1, 0.15) is 62.0 Å². The van der Waals surface area contributed by atoms with E-state index in [9.17, 15) is 4.79 Å². The maximum atomic E-state index is 12.1. The highest BCUT2D eigenvalue weighted by atomic mass is 16.5. The predicted octanol–water partition coefficient (Wildman–Crippen LogP) is 2.48. The second kappa shape index (κ2) is 8.42. The average molecular weight is 358 g/mol. The predicted molar refractivity (Wildman–Crippen MR) is 96.2 cm³/mol. The summed E-state index contributed by atoms with van der Waals surface area (Å²) >= 11 is 0. The number of primary amides is 1. The van der Waals surface area contributed by atoms with Gasteiger partial charge in [-0.05, 0) is 24.3 Å². The average Bonchev–Trinajstić information content (AvgIpc) is 3.14. The molecule has 1 saturated heterocycles. The van der Waals surface area contributed by atoms with Crippen LogP contribution in [-0.2, 0) is 9.53 Å². The number of nitrogens with two attached hydrogens (primary N) is 1. The summed E-state index contributed by atoms with van der Waals surface area (Å²) in [7, 11) is 0. The fourth-order valence-corrected chi connectivity index (χ4v) is 3.23. The molecule has 1 aromatic heterocycles. The van der Waals surface area contributed by atoms with Gasteiger partial charge in [0.25, 0.3) is 0 Å². The molecule has 2 atom stereocenters. The van der Waals surface area contributed by atoms with Gasteiger partial charge in [0.15, 0.2) is 5.82 Å². The van der Waals surface area contributed by atoms with Crippen LogP contribution in [-0.4, -0.2) is 29.3 Å². The first-order valence-corrected chi connectivity index (χ1v) is 9.07. The van der Waals surface area contributed by atoms with Crippen molar-refractivity contribution in [2.75, 3.05) is 13.2 Å². The van der Waals surface area contributed by atoms with Crippen molar-refractivity contribution in [3.05, 3.63) is 47.6 Å². The Morgan fingerprint density at radius 3 is 2.50 bits per heavy atom. The van der Waals surface area contributed by atoms with Crippen molar-refractivity contribution in [2.45, 2.75) is 44.7 Å².